The van der Waals surface area contributed by atoms with Crippen LogP contribution in [0.2, 0.25) is 0 Å². The SMILES string of the molecule is C=C(C)[C@H]1C[C@@H]2O[C@]2(C)C(=O)[C@@H]1OC(=O)/C(C)=C/COC(=O)/C(C)=C/C. The van der Waals surface area contributed by atoms with Crippen molar-refractivity contribution >= 4 is 17.7 Å². The fourth-order valence-corrected chi connectivity index (χ4v) is 2.93. The van der Waals surface area contributed by atoms with E-state index in [0.717, 1.165) is 5.57 Å². The van der Waals surface area contributed by atoms with Crippen LogP contribution >= 0.6 is 0 Å². The molecule has 0 aromatic carbocycles. The average molecular weight is 362 g/mol. The second kappa shape index (κ2) is 7.58. The number of fused-ring (bicyclic) bond motifs is 1. The highest BCUT2D eigenvalue weighted by molar-refractivity contribution is 5.98. The van der Waals surface area contributed by atoms with Crippen LogP contribution in [0.25, 0.3) is 0 Å². The Morgan fingerprint density at radius 2 is 1.92 bits per heavy atom. The first-order valence-corrected chi connectivity index (χ1v) is 8.67. The van der Waals surface area contributed by atoms with Crippen LogP contribution in [-0.2, 0) is 28.6 Å². The van der Waals surface area contributed by atoms with Gasteiger partial charge in [-0.25, -0.2) is 9.59 Å². The molecule has 1 saturated carbocycles. The molecule has 2 rings (SSSR count). The molecule has 1 aliphatic carbocycles. The number of rotatable bonds is 6. The number of hydrogen-bond acceptors (Lipinski definition) is 6. The third-order valence-corrected chi connectivity index (χ3v) is 5.07. The molecule has 0 N–H and O–H groups in total. The Morgan fingerprint density at radius 1 is 1.27 bits per heavy atom. The van der Waals surface area contributed by atoms with E-state index in [9.17, 15) is 14.4 Å². The fraction of sp³-hybridized carbons (Fsp3) is 0.550. The first-order chi connectivity index (χ1) is 12.1. The van der Waals surface area contributed by atoms with Crippen molar-refractivity contribution in [2.75, 3.05) is 6.61 Å². The van der Waals surface area contributed by atoms with E-state index in [1.165, 1.54) is 6.08 Å². The van der Waals surface area contributed by atoms with Gasteiger partial charge in [-0.3, -0.25) is 4.79 Å². The molecule has 0 aromatic heterocycles. The van der Waals surface area contributed by atoms with Gasteiger partial charge in [-0.05, 0) is 47.1 Å². The van der Waals surface area contributed by atoms with Crippen molar-refractivity contribution in [3.8, 4) is 0 Å². The smallest absolute Gasteiger partial charge is 0.334 e. The Kier molecular flexibility index (Phi) is 5.86. The lowest BCUT2D eigenvalue weighted by Crippen LogP contribution is -2.47. The molecule has 2 fully saturated rings. The standard InChI is InChI=1S/C20H26O6/c1-7-12(4)18(22)24-9-8-13(5)19(23)25-16-14(11(2)3)10-15-20(6,26-15)17(16)21/h7-8,14-16H,2,9-10H2,1,3-6H3/b12-7+,13-8+/t14-,15+,16-,20+/m1/s1. The highest BCUT2D eigenvalue weighted by Crippen LogP contribution is 2.49. The van der Waals surface area contributed by atoms with E-state index in [-0.39, 0.29) is 30.0 Å². The van der Waals surface area contributed by atoms with Crippen LogP contribution in [-0.4, -0.2) is 42.1 Å². The van der Waals surface area contributed by atoms with Gasteiger partial charge < -0.3 is 14.2 Å². The number of epoxide rings is 1. The van der Waals surface area contributed by atoms with Crippen LogP contribution in [0.15, 0.2) is 35.5 Å². The summed E-state index contributed by atoms with van der Waals surface area (Å²) in [5.41, 5.74) is 0.691. The largest absolute Gasteiger partial charge is 0.458 e. The second-order valence-corrected chi connectivity index (χ2v) is 7.05. The van der Waals surface area contributed by atoms with Crippen LogP contribution < -0.4 is 0 Å². The lowest BCUT2D eigenvalue weighted by molar-refractivity contribution is -0.156. The summed E-state index contributed by atoms with van der Waals surface area (Å²) in [6.07, 6.45) is 2.69. The summed E-state index contributed by atoms with van der Waals surface area (Å²) in [6.45, 7) is 12.3. The van der Waals surface area contributed by atoms with Gasteiger partial charge in [0.15, 0.2) is 11.7 Å². The molecule has 1 aliphatic heterocycles. The Hall–Kier alpha value is -2.21. The zero-order chi connectivity index (χ0) is 19.6. The number of hydrogen-bond donors (Lipinski definition) is 0. The maximum atomic E-state index is 12.6. The van der Waals surface area contributed by atoms with Gasteiger partial charge >= 0.3 is 11.9 Å². The Balaban J connectivity index is 2.00. The Bertz CT molecular complexity index is 701. The van der Waals surface area contributed by atoms with Gasteiger partial charge in [0.25, 0.3) is 0 Å². The highest BCUT2D eigenvalue weighted by atomic mass is 16.6. The summed E-state index contributed by atoms with van der Waals surface area (Å²) in [5.74, 6) is -1.54. The van der Waals surface area contributed by atoms with Gasteiger partial charge in [0.2, 0.25) is 5.78 Å². The monoisotopic (exact) mass is 362 g/mol. The maximum Gasteiger partial charge on any atom is 0.334 e. The molecule has 1 saturated heterocycles. The molecule has 0 unspecified atom stereocenters. The Morgan fingerprint density at radius 3 is 2.50 bits per heavy atom. The predicted octanol–water partition coefficient (Wildman–Crippen LogP) is 2.68. The third kappa shape index (κ3) is 3.96. The summed E-state index contributed by atoms with van der Waals surface area (Å²) < 4.78 is 16.0. The molecular weight excluding hydrogens is 336 g/mol. The van der Waals surface area contributed by atoms with Gasteiger partial charge in [0, 0.05) is 17.1 Å². The van der Waals surface area contributed by atoms with E-state index in [4.69, 9.17) is 14.2 Å². The number of ether oxygens (including phenoxy) is 3. The Labute approximate surface area is 153 Å². The van der Waals surface area contributed by atoms with Crippen LogP contribution in [0, 0.1) is 5.92 Å². The summed E-state index contributed by atoms with van der Waals surface area (Å²) in [7, 11) is 0. The van der Waals surface area contributed by atoms with Gasteiger partial charge in [0.1, 0.15) is 6.61 Å². The molecule has 1 heterocycles. The van der Waals surface area contributed by atoms with E-state index in [0.29, 0.717) is 12.0 Å². The molecule has 6 nitrogen and oxygen atoms in total. The van der Waals surface area contributed by atoms with E-state index in [2.05, 4.69) is 6.58 Å². The molecule has 142 valence electrons. The topological polar surface area (TPSA) is 82.2 Å². The number of ketones is 1. The molecule has 0 amide bonds. The van der Waals surface area contributed by atoms with Crippen molar-refractivity contribution in [3.63, 3.8) is 0 Å². The predicted molar refractivity (Wildman–Crippen MR) is 95.2 cm³/mol. The lowest BCUT2D eigenvalue weighted by atomic mass is 9.76. The number of allylic oxidation sites excluding steroid dienone is 1. The molecule has 0 radical (unpaired) electrons. The molecule has 0 spiro atoms. The lowest BCUT2D eigenvalue weighted by Gasteiger charge is -2.30. The number of carbonyl (C=O) groups is 3. The van der Waals surface area contributed by atoms with E-state index >= 15 is 0 Å². The minimum absolute atomic E-state index is 0.0453. The molecular formula is C20H26O6. The number of esters is 2. The van der Waals surface area contributed by atoms with Gasteiger partial charge in [-0.2, -0.15) is 0 Å². The average Bonchev–Trinajstić information content (AvgIpc) is 3.27. The van der Waals surface area contributed by atoms with Crippen molar-refractivity contribution in [2.24, 2.45) is 5.92 Å². The number of Topliss-reactive ketones (excluding diaryl/α,β-unsaturated/α-hetero) is 1. The normalized spacial score (nSPS) is 31.1. The van der Waals surface area contributed by atoms with E-state index in [1.807, 2.05) is 6.92 Å². The minimum atomic E-state index is -0.903. The molecule has 0 bridgehead atoms. The molecule has 26 heavy (non-hydrogen) atoms. The maximum absolute atomic E-state index is 12.6. The zero-order valence-corrected chi connectivity index (χ0v) is 16.0. The molecule has 0 aromatic rings. The summed E-state index contributed by atoms with van der Waals surface area (Å²) >= 11 is 0. The van der Waals surface area contributed by atoms with E-state index in [1.54, 1.807) is 33.8 Å². The number of carbonyl (C=O) groups excluding carboxylic acids is 3. The first-order valence-electron chi connectivity index (χ1n) is 8.67. The van der Waals surface area contributed by atoms with Crippen molar-refractivity contribution in [1.29, 1.82) is 0 Å². The van der Waals surface area contributed by atoms with E-state index < -0.39 is 23.6 Å². The van der Waals surface area contributed by atoms with Gasteiger partial charge in [-0.1, -0.05) is 18.2 Å². The second-order valence-electron chi connectivity index (χ2n) is 7.05. The van der Waals surface area contributed by atoms with Gasteiger partial charge in [-0.15, -0.1) is 0 Å². The van der Waals surface area contributed by atoms with Crippen LogP contribution in [0.5, 0.6) is 0 Å². The molecule has 6 heteroatoms. The van der Waals surface area contributed by atoms with Crippen molar-refractivity contribution in [3.05, 3.63) is 35.5 Å². The third-order valence-electron chi connectivity index (χ3n) is 5.07. The molecule has 2 aliphatic rings. The molecule has 4 atom stereocenters. The van der Waals surface area contributed by atoms with Crippen molar-refractivity contribution in [2.45, 2.75) is 58.8 Å². The quantitative estimate of drug-likeness (QED) is 0.313. The van der Waals surface area contributed by atoms with Crippen molar-refractivity contribution in [1.82, 2.24) is 0 Å². The zero-order valence-electron chi connectivity index (χ0n) is 16.0. The van der Waals surface area contributed by atoms with Crippen LogP contribution in [0.4, 0.5) is 0 Å². The van der Waals surface area contributed by atoms with Crippen molar-refractivity contribution < 1.29 is 28.6 Å². The van der Waals surface area contributed by atoms with Crippen LogP contribution in [0.3, 0.4) is 0 Å². The van der Waals surface area contributed by atoms with Gasteiger partial charge in [0.05, 0.1) is 6.10 Å². The first kappa shape index (κ1) is 20.1. The van der Waals surface area contributed by atoms with Crippen LogP contribution in [0.1, 0.15) is 41.0 Å². The minimum Gasteiger partial charge on any atom is -0.458 e. The fourth-order valence-electron chi connectivity index (χ4n) is 2.93. The summed E-state index contributed by atoms with van der Waals surface area (Å²) in [5, 5.41) is 0. The highest BCUT2D eigenvalue weighted by Gasteiger charge is 2.66. The summed E-state index contributed by atoms with van der Waals surface area (Å²) in [6, 6.07) is 0. The summed E-state index contributed by atoms with van der Waals surface area (Å²) in [4.78, 5) is 36.6.